The average molecular weight is 293 g/mol. The Morgan fingerprint density at radius 1 is 1.10 bits per heavy atom. The number of hydrogen-bond acceptors (Lipinski definition) is 3. The predicted molar refractivity (Wildman–Crippen MR) is 76.7 cm³/mol. The summed E-state index contributed by atoms with van der Waals surface area (Å²) in [6.45, 7) is 1.78. The van der Waals surface area contributed by atoms with Gasteiger partial charge >= 0.3 is 0 Å². The molecule has 2 aromatic carbocycles. The van der Waals surface area contributed by atoms with E-state index < -0.39 is 15.9 Å². The number of nitrogens with two attached hydrogens (primary N) is 1. The number of benzene rings is 2. The van der Waals surface area contributed by atoms with Crippen LogP contribution in [0.25, 0.3) is 0 Å². The van der Waals surface area contributed by atoms with E-state index in [2.05, 4.69) is 0 Å². The van der Waals surface area contributed by atoms with Gasteiger partial charge < -0.3 is 5.73 Å². The van der Waals surface area contributed by atoms with Gasteiger partial charge in [-0.05, 0) is 47.9 Å². The van der Waals surface area contributed by atoms with Crippen LogP contribution in [0.5, 0.6) is 0 Å². The Hall–Kier alpha value is -1.72. The van der Waals surface area contributed by atoms with Crippen LogP contribution in [0.3, 0.4) is 0 Å². The molecule has 0 spiro atoms. The first-order chi connectivity index (χ1) is 9.27. The molecule has 106 valence electrons. The molecular formula is C15H16FNO2S. The van der Waals surface area contributed by atoms with Gasteiger partial charge in [0.1, 0.15) is 5.82 Å². The van der Waals surface area contributed by atoms with Gasteiger partial charge in [-0.2, -0.15) is 0 Å². The van der Waals surface area contributed by atoms with Crippen molar-refractivity contribution in [3.8, 4) is 0 Å². The molecular weight excluding hydrogens is 277 g/mol. The zero-order valence-electron chi connectivity index (χ0n) is 11.3. The lowest BCUT2D eigenvalue weighted by Gasteiger charge is -2.14. The molecule has 2 aromatic rings. The zero-order chi connectivity index (χ0) is 14.9. The van der Waals surface area contributed by atoms with Crippen molar-refractivity contribution >= 4 is 9.84 Å². The maximum absolute atomic E-state index is 13.4. The highest BCUT2D eigenvalue weighted by Crippen LogP contribution is 2.23. The van der Waals surface area contributed by atoms with E-state index in [-0.39, 0.29) is 10.7 Å². The summed E-state index contributed by atoms with van der Waals surface area (Å²) in [7, 11) is -3.29. The highest BCUT2D eigenvalue weighted by Gasteiger charge is 2.14. The van der Waals surface area contributed by atoms with Crippen molar-refractivity contribution in [2.75, 3.05) is 6.26 Å². The third-order valence-corrected chi connectivity index (χ3v) is 4.18. The van der Waals surface area contributed by atoms with Crippen LogP contribution in [0, 0.1) is 12.7 Å². The summed E-state index contributed by atoms with van der Waals surface area (Å²) in [5.41, 5.74) is 8.13. The smallest absolute Gasteiger partial charge is 0.175 e. The van der Waals surface area contributed by atoms with Crippen molar-refractivity contribution in [1.29, 1.82) is 0 Å². The van der Waals surface area contributed by atoms with Crippen LogP contribution in [0.15, 0.2) is 47.4 Å². The van der Waals surface area contributed by atoms with Gasteiger partial charge in [-0.25, -0.2) is 12.8 Å². The molecule has 2 N–H and O–H groups in total. The summed E-state index contributed by atoms with van der Waals surface area (Å²) in [6.07, 6.45) is 1.14. The first-order valence-corrected chi connectivity index (χ1v) is 7.99. The molecule has 0 fully saturated rings. The van der Waals surface area contributed by atoms with Crippen LogP contribution in [0.4, 0.5) is 4.39 Å². The fourth-order valence-corrected chi connectivity index (χ4v) is 2.75. The van der Waals surface area contributed by atoms with Crippen molar-refractivity contribution in [2.45, 2.75) is 17.9 Å². The lowest BCUT2D eigenvalue weighted by molar-refractivity contribution is 0.601. The molecule has 0 amide bonds. The Balaban J connectivity index is 2.45. The second kappa shape index (κ2) is 5.34. The van der Waals surface area contributed by atoms with Gasteiger partial charge in [-0.1, -0.05) is 18.2 Å². The van der Waals surface area contributed by atoms with Crippen LogP contribution < -0.4 is 5.73 Å². The monoisotopic (exact) mass is 293 g/mol. The van der Waals surface area contributed by atoms with Crippen molar-refractivity contribution in [2.24, 2.45) is 5.73 Å². The summed E-state index contributed by atoms with van der Waals surface area (Å²) in [6, 6.07) is 10.4. The SMILES string of the molecule is Cc1cc(F)cc(C(N)c2cccc(S(C)(=O)=O)c2)c1. The van der Waals surface area contributed by atoms with Gasteiger partial charge in [0.05, 0.1) is 10.9 Å². The number of aryl methyl sites for hydroxylation is 1. The third-order valence-electron chi connectivity index (χ3n) is 3.07. The number of sulfone groups is 1. The van der Waals surface area contributed by atoms with Crippen molar-refractivity contribution in [3.63, 3.8) is 0 Å². The Morgan fingerprint density at radius 3 is 2.40 bits per heavy atom. The van der Waals surface area contributed by atoms with Crippen molar-refractivity contribution in [1.82, 2.24) is 0 Å². The lowest BCUT2D eigenvalue weighted by atomic mass is 9.98. The van der Waals surface area contributed by atoms with Gasteiger partial charge in [0.15, 0.2) is 9.84 Å². The quantitative estimate of drug-likeness (QED) is 0.946. The molecule has 1 atom stereocenters. The molecule has 0 saturated carbocycles. The standard InChI is InChI=1S/C15H16FNO2S/c1-10-6-12(8-13(16)7-10)15(17)11-4-3-5-14(9-11)20(2,18)19/h3-9,15H,17H2,1-2H3. The summed E-state index contributed by atoms with van der Waals surface area (Å²) in [5.74, 6) is -0.352. The Morgan fingerprint density at radius 2 is 1.80 bits per heavy atom. The van der Waals surface area contributed by atoms with E-state index >= 15 is 0 Å². The summed E-state index contributed by atoms with van der Waals surface area (Å²) < 4.78 is 36.5. The topological polar surface area (TPSA) is 60.2 Å². The summed E-state index contributed by atoms with van der Waals surface area (Å²) in [4.78, 5) is 0.207. The minimum absolute atomic E-state index is 0.207. The Labute approximate surface area is 118 Å². The zero-order valence-corrected chi connectivity index (χ0v) is 12.1. The molecule has 0 saturated heterocycles. The minimum Gasteiger partial charge on any atom is -0.320 e. The van der Waals surface area contributed by atoms with Gasteiger partial charge in [0.25, 0.3) is 0 Å². The molecule has 0 radical (unpaired) electrons. The van der Waals surface area contributed by atoms with Crippen LogP contribution in [0.1, 0.15) is 22.7 Å². The van der Waals surface area contributed by atoms with Gasteiger partial charge in [0, 0.05) is 6.26 Å². The van der Waals surface area contributed by atoms with E-state index in [0.29, 0.717) is 11.1 Å². The molecule has 2 rings (SSSR count). The molecule has 0 aliphatic rings. The molecule has 0 aromatic heterocycles. The highest BCUT2D eigenvalue weighted by atomic mass is 32.2. The first kappa shape index (κ1) is 14.7. The average Bonchev–Trinajstić information content (AvgIpc) is 2.36. The Kier molecular flexibility index (Phi) is 3.92. The largest absolute Gasteiger partial charge is 0.320 e. The molecule has 20 heavy (non-hydrogen) atoms. The molecule has 3 nitrogen and oxygen atoms in total. The van der Waals surface area contributed by atoms with E-state index in [0.717, 1.165) is 11.8 Å². The number of hydrogen-bond donors (Lipinski definition) is 1. The maximum Gasteiger partial charge on any atom is 0.175 e. The van der Waals surface area contributed by atoms with Crippen molar-refractivity contribution < 1.29 is 12.8 Å². The van der Waals surface area contributed by atoms with E-state index in [1.54, 1.807) is 25.1 Å². The van der Waals surface area contributed by atoms with Gasteiger partial charge in [-0.15, -0.1) is 0 Å². The molecule has 5 heteroatoms. The van der Waals surface area contributed by atoms with Crippen LogP contribution >= 0.6 is 0 Å². The second-order valence-electron chi connectivity index (χ2n) is 4.88. The second-order valence-corrected chi connectivity index (χ2v) is 6.90. The van der Waals surface area contributed by atoms with Crippen LogP contribution in [-0.2, 0) is 9.84 Å². The summed E-state index contributed by atoms with van der Waals surface area (Å²) in [5, 5.41) is 0. The fourth-order valence-electron chi connectivity index (χ4n) is 2.08. The predicted octanol–water partition coefficient (Wildman–Crippen LogP) is 2.59. The fraction of sp³-hybridized carbons (Fsp3) is 0.200. The van der Waals surface area contributed by atoms with E-state index in [1.165, 1.54) is 24.3 Å². The van der Waals surface area contributed by atoms with Crippen LogP contribution in [-0.4, -0.2) is 14.7 Å². The van der Waals surface area contributed by atoms with Crippen molar-refractivity contribution in [3.05, 3.63) is 65.0 Å². The Bertz CT molecular complexity index is 721. The number of halogens is 1. The van der Waals surface area contributed by atoms with E-state index in [4.69, 9.17) is 5.73 Å². The molecule has 0 bridgehead atoms. The van der Waals surface area contributed by atoms with Gasteiger partial charge in [0.2, 0.25) is 0 Å². The van der Waals surface area contributed by atoms with E-state index in [1.807, 2.05) is 0 Å². The lowest BCUT2D eigenvalue weighted by Crippen LogP contribution is -2.13. The normalized spacial score (nSPS) is 13.2. The molecule has 0 aliphatic carbocycles. The maximum atomic E-state index is 13.4. The van der Waals surface area contributed by atoms with E-state index in [9.17, 15) is 12.8 Å². The van der Waals surface area contributed by atoms with Gasteiger partial charge in [-0.3, -0.25) is 0 Å². The first-order valence-electron chi connectivity index (χ1n) is 6.10. The summed E-state index contributed by atoms with van der Waals surface area (Å²) >= 11 is 0. The number of rotatable bonds is 3. The minimum atomic E-state index is -3.29. The molecule has 1 unspecified atom stereocenters. The third kappa shape index (κ3) is 3.23. The highest BCUT2D eigenvalue weighted by molar-refractivity contribution is 7.90. The molecule has 0 heterocycles. The van der Waals surface area contributed by atoms with Crippen LogP contribution in [0.2, 0.25) is 0 Å². The molecule has 0 aliphatic heterocycles.